The molecule has 0 unspecified atom stereocenters. The number of carbonyl (C=O) groups is 3. The number of nitrogens with one attached hydrogen (secondary N) is 1. The molecule has 11 heteroatoms. The molecule has 3 aromatic rings. The van der Waals surface area contributed by atoms with Crippen molar-refractivity contribution in [1.82, 2.24) is 19.5 Å². The number of ether oxygens (including phenoxy) is 1. The Morgan fingerprint density at radius 2 is 1.84 bits per heavy atom. The zero-order valence-electron chi connectivity index (χ0n) is 21.8. The Balaban J connectivity index is 1.64. The minimum Gasteiger partial charge on any atom is -0.444 e. The summed E-state index contributed by atoms with van der Waals surface area (Å²) < 4.78 is 7.86. The van der Waals surface area contributed by atoms with Crippen LogP contribution in [0.25, 0.3) is 11.3 Å². The molecule has 1 saturated heterocycles. The van der Waals surface area contributed by atoms with Crippen LogP contribution in [0.2, 0.25) is 0 Å². The van der Waals surface area contributed by atoms with Gasteiger partial charge >= 0.3 is 6.09 Å². The third-order valence-corrected chi connectivity index (χ3v) is 6.76. The molecule has 0 saturated carbocycles. The van der Waals surface area contributed by atoms with Gasteiger partial charge in [-0.3, -0.25) is 14.5 Å². The first-order valence-corrected chi connectivity index (χ1v) is 13.4. The van der Waals surface area contributed by atoms with E-state index in [0.717, 1.165) is 16.4 Å². The van der Waals surface area contributed by atoms with Gasteiger partial charge in [0.2, 0.25) is 0 Å². The molecule has 2 aromatic heterocycles. The number of nitrogens with two attached hydrogens (primary N) is 1. The van der Waals surface area contributed by atoms with Crippen molar-refractivity contribution in [2.45, 2.75) is 58.6 Å². The lowest BCUT2D eigenvalue weighted by atomic mass is 10.0. The first kappa shape index (κ1) is 27.6. The smallest absolute Gasteiger partial charge is 0.410 e. The Morgan fingerprint density at radius 3 is 2.47 bits per heavy atom. The molecule has 38 heavy (non-hydrogen) atoms. The molecule has 1 fully saturated rings. The summed E-state index contributed by atoms with van der Waals surface area (Å²) in [5, 5.41) is 2.78. The van der Waals surface area contributed by atoms with E-state index < -0.39 is 17.7 Å². The molecule has 0 radical (unpaired) electrons. The number of ketones is 1. The number of aromatic nitrogens is 3. The summed E-state index contributed by atoms with van der Waals surface area (Å²) in [6, 6.07) is 9.94. The second-order valence-electron chi connectivity index (χ2n) is 10.2. The fourth-order valence-corrected chi connectivity index (χ4v) is 4.86. The number of imidazole rings is 1. The van der Waals surface area contributed by atoms with Crippen molar-refractivity contribution < 1.29 is 19.1 Å². The van der Waals surface area contributed by atoms with Crippen LogP contribution in [-0.4, -0.2) is 49.5 Å². The van der Waals surface area contributed by atoms with Gasteiger partial charge in [-0.15, -0.1) is 0 Å². The maximum atomic E-state index is 13.0. The highest BCUT2D eigenvalue weighted by molar-refractivity contribution is 14.1. The average Bonchev–Trinajstić information content (AvgIpc) is 3.20. The molecule has 0 bridgehead atoms. The molecule has 1 aromatic carbocycles. The Morgan fingerprint density at radius 1 is 1.13 bits per heavy atom. The van der Waals surface area contributed by atoms with Crippen molar-refractivity contribution in [2.24, 2.45) is 0 Å². The number of amides is 2. The Kier molecular flexibility index (Phi) is 8.05. The number of hydrogen-bond acceptors (Lipinski definition) is 7. The van der Waals surface area contributed by atoms with Crippen molar-refractivity contribution in [2.75, 3.05) is 17.7 Å². The minimum absolute atomic E-state index is 0.231. The molecule has 200 valence electrons. The van der Waals surface area contributed by atoms with Crippen LogP contribution in [0.1, 0.15) is 79.7 Å². The number of pyridine rings is 1. The number of hydrogen-bond donors (Lipinski definition) is 2. The monoisotopic (exact) mass is 630 g/mol. The van der Waals surface area contributed by atoms with Crippen LogP contribution in [0.15, 0.2) is 42.6 Å². The van der Waals surface area contributed by atoms with Crippen LogP contribution in [0.3, 0.4) is 0 Å². The predicted octanol–water partition coefficient (Wildman–Crippen LogP) is 5.18. The van der Waals surface area contributed by atoms with Crippen LogP contribution in [0.5, 0.6) is 0 Å². The van der Waals surface area contributed by atoms with Crippen LogP contribution >= 0.6 is 22.6 Å². The first-order valence-electron chi connectivity index (χ1n) is 12.4. The number of rotatable bonds is 5. The lowest BCUT2D eigenvalue weighted by molar-refractivity contribution is 0.00821. The highest BCUT2D eigenvalue weighted by Gasteiger charge is 2.36. The second-order valence-corrected chi connectivity index (χ2v) is 11.4. The molecule has 1 aliphatic heterocycles. The quantitative estimate of drug-likeness (QED) is 0.226. The highest BCUT2D eigenvalue weighted by Crippen LogP contribution is 2.34. The molecule has 3 N–H and O–H groups in total. The number of anilines is 1. The lowest BCUT2D eigenvalue weighted by Gasteiger charge is -2.36. The molecule has 1 aliphatic rings. The highest BCUT2D eigenvalue weighted by atomic mass is 127. The van der Waals surface area contributed by atoms with E-state index in [9.17, 15) is 14.4 Å². The fourth-order valence-electron chi connectivity index (χ4n) is 4.40. The zero-order valence-corrected chi connectivity index (χ0v) is 24.0. The van der Waals surface area contributed by atoms with Gasteiger partial charge in [-0.2, -0.15) is 0 Å². The van der Waals surface area contributed by atoms with Crippen LogP contribution < -0.4 is 11.2 Å². The number of Topliss-reactive ketones (excluding diaryl/α,β-unsaturated/α-hetero) is 1. The van der Waals surface area contributed by atoms with Crippen molar-refractivity contribution in [1.29, 1.82) is 0 Å². The summed E-state index contributed by atoms with van der Waals surface area (Å²) >= 11 is 2.15. The first-order chi connectivity index (χ1) is 17.9. The van der Waals surface area contributed by atoms with Gasteiger partial charge in [-0.25, -0.2) is 19.4 Å². The van der Waals surface area contributed by atoms with E-state index in [1.807, 2.05) is 26.8 Å². The minimum atomic E-state index is -0.643. The average molecular weight is 630 g/mol. The molecule has 10 nitrogen and oxygen atoms in total. The molecule has 3 heterocycles. The molecule has 2 amide bonds. The standard InChI is InChI=1S/C27H31IN6O4/c1-16(35)23-22(17-8-10-18(11-9-17)25(36)31-21-15-19(28)12-13-30-21)32-24(34(23)29)20-7-5-6-14-33(20)26(37)38-27(2,3)4/h8-13,15,20H,5-7,14,29H2,1-4H3,(H,30,31,36)/t20-/m0/s1. The predicted molar refractivity (Wildman–Crippen MR) is 152 cm³/mol. The topological polar surface area (TPSA) is 132 Å². The summed E-state index contributed by atoms with van der Waals surface area (Å²) in [6.45, 7) is 7.40. The van der Waals surface area contributed by atoms with E-state index in [1.54, 1.807) is 41.4 Å². The van der Waals surface area contributed by atoms with E-state index >= 15 is 0 Å². The molecular formula is C27H31IN6O4. The summed E-state index contributed by atoms with van der Waals surface area (Å²) in [6.07, 6.45) is 3.57. The zero-order chi connectivity index (χ0) is 27.6. The molecule has 0 aliphatic carbocycles. The maximum Gasteiger partial charge on any atom is 0.410 e. The van der Waals surface area contributed by atoms with Gasteiger partial charge in [0.15, 0.2) is 11.6 Å². The van der Waals surface area contributed by atoms with E-state index in [1.165, 1.54) is 11.6 Å². The van der Waals surface area contributed by atoms with E-state index in [4.69, 9.17) is 15.6 Å². The van der Waals surface area contributed by atoms with E-state index in [0.29, 0.717) is 41.4 Å². The number of carbonyl (C=O) groups excluding carboxylic acids is 3. The second kappa shape index (κ2) is 11.1. The molecule has 0 spiro atoms. The van der Waals surface area contributed by atoms with Crippen molar-refractivity contribution >= 4 is 46.2 Å². The SMILES string of the molecule is CC(=O)c1c(-c2ccc(C(=O)Nc3cc(I)ccn3)cc2)nc([C@@H]2CCCCN2C(=O)OC(C)(C)C)n1N. The molecule has 1 atom stereocenters. The molecule has 4 rings (SSSR count). The van der Waals surface area contributed by atoms with Gasteiger partial charge in [-0.05, 0) is 86.9 Å². The van der Waals surface area contributed by atoms with Gasteiger partial charge in [0, 0.05) is 34.4 Å². The number of benzene rings is 1. The normalized spacial score (nSPS) is 15.7. The number of halogens is 1. The largest absolute Gasteiger partial charge is 0.444 e. The molecular weight excluding hydrogens is 599 g/mol. The Labute approximate surface area is 235 Å². The van der Waals surface area contributed by atoms with Crippen LogP contribution in [0, 0.1) is 3.57 Å². The lowest BCUT2D eigenvalue weighted by Crippen LogP contribution is -2.43. The fraction of sp³-hybridized carbons (Fsp3) is 0.370. The van der Waals surface area contributed by atoms with Gasteiger partial charge < -0.3 is 15.9 Å². The third kappa shape index (κ3) is 6.14. The van der Waals surface area contributed by atoms with E-state index in [2.05, 4.69) is 32.9 Å². The van der Waals surface area contributed by atoms with Crippen LogP contribution in [0.4, 0.5) is 10.6 Å². The van der Waals surface area contributed by atoms with E-state index in [-0.39, 0.29) is 17.4 Å². The number of nitrogens with zero attached hydrogens (tertiary/aromatic N) is 4. The summed E-state index contributed by atoms with van der Waals surface area (Å²) in [5.74, 6) is 6.73. The maximum absolute atomic E-state index is 13.0. The van der Waals surface area contributed by atoms with Crippen molar-refractivity contribution in [3.05, 3.63) is 63.2 Å². The number of likely N-dealkylation sites (tertiary alicyclic amines) is 1. The summed E-state index contributed by atoms with van der Waals surface area (Å²) in [7, 11) is 0. The van der Waals surface area contributed by atoms with Crippen molar-refractivity contribution in [3.63, 3.8) is 0 Å². The van der Waals surface area contributed by atoms with Gasteiger partial charge in [0.1, 0.15) is 22.8 Å². The summed E-state index contributed by atoms with van der Waals surface area (Å²) in [5.41, 5.74) is 1.04. The number of piperidine rings is 1. The Hall–Kier alpha value is -3.48. The van der Waals surface area contributed by atoms with Crippen molar-refractivity contribution in [3.8, 4) is 11.3 Å². The Bertz CT molecular complexity index is 1360. The number of nitrogen functional groups attached to an aromatic ring is 1. The van der Waals surface area contributed by atoms with Crippen LogP contribution in [-0.2, 0) is 4.74 Å². The van der Waals surface area contributed by atoms with Gasteiger partial charge in [0.05, 0.1) is 6.04 Å². The third-order valence-electron chi connectivity index (χ3n) is 6.08. The van der Waals surface area contributed by atoms with Gasteiger partial charge in [-0.1, -0.05) is 12.1 Å². The summed E-state index contributed by atoms with van der Waals surface area (Å²) in [4.78, 5) is 48.9. The van der Waals surface area contributed by atoms with Gasteiger partial charge in [0.25, 0.3) is 5.91 Å².